The van der Waals surface area contributed by atoms with Gasteiger partial charge < -0.3 is 9.52 Å². The molecule has 0 spiro atoms. The number of ketones is 1. The minimum Gasteiger partial charge on any atom is -0.504 e. The Labute approximate surface area is 170 Å². The Morgan fingerprint density at radius 3 is 2.76 bits per heavy atom. The van der Waals surface area contributed by atoms with Crippen LogP contribution in [0.25, 0.3) is 11.6 Å². The fourth-order valence-corrected chi connectivity index (χ4v) is 3.64. The van der Waals surface area contributed by atoms with Gasteiger partial charge in [-0.15, -0.1) is 0 Å². The molecule has 1 fully saturated rings. The van der Waals surface area contributed by atoms with Crippen molar-refractivity contribution < 1.29 is 14.3 Å². The molecule has 0 atom stereocenters. The Balaban J connectivity index is 1.71. The number of pyridine rings is 1. The first-order valence-corrected chi connectivity index (χ1v) is 10.2. The maximum atomic E-state index is 12.8. The third kappa shape index (κ3) is 3.96. The summed E-state index contributed by atoms with van der Waals surface area (Å²) in [5.41, 5.74) is 5.09. The van der Waals surface area contributed by atoms with E-state index in [1.54, 1.807) is 18.5 Å². The maximum Gasteiger partial charge on any atom is 0.222 e. The number of allylic oxidation sites excluding steroid dienone is 1. The van der Waals surface area contributed by atoms with E-state index in [0.717, 1.165) is 37.1 Å². The van der Waals surface area contributed by atoms with E-state index >= 15 is 0 Å². The van der Waals surface area contributed by atoms with Gasteiger partial charge in [0.15, 0.2) is 23.1 Å². The molecule has 2 N–H and O–H groups in total. The lowest BCUT2D eigenvalue weighted by Gasteiger charge is -2.21. The molecule has 1 saturated heterocycles. The molecular formula is C22H26N4O3. The van der Waals surface area contributed by atoms with E-state index in [0.29, 0.717) is 11.7 Å². The summed E-state index contributed by atoms with van der Waals surface area (Å²) in [5, 5.41) is 12.9. The highest BCUT2D eigenvalue weighted by atomic mass is 16.4. The first-order chi connectivity index (χ1) is 14.0. The van der Waals surface area contributed by atoms with Crippen LogP contribution in [-0.2, 0) is 0 Å². The molecule has 0 amide bonds. The Morgan fingerprint density at radius 1 is 1.28 bits per heavy atom. The molecule has 29 heavy (non-hydrogen) atoms. The number of hydrogen-bond acceptors (Lipinski definition) is 7. The zero-order chi connectivity index (χ0) is 20.4. The van der Waals surface area contributed by atoms with E-state index in [4.69, 9.17) is 4.42 Å². The molecule has 7 heteroatoms. The van der Waals surface area contributed by atoms with Gasteiger partial charge in [-0.05, 0) is 31.1 Å². The number of nitrogens with zero attached hydrogens (tertiary/aromatic N) is 3. The van der Waals surface area contributed by atoms with Gasteiger partial charge in [-0.3, -0.25) is 10.2 Å². The van der Waals surface area contributed by atoms with Gasteiger partial charge in [0, 0.05) is 42.6 Å². The van der Waals surface area contributed by atoms with Crippen LogP contribution in [0.1, 0.15) is 61.2 Å². The molecule has 0 aromatic carbocycles. The van der Waals surface area contributed by atoms with Crippen LogP contribution in [-0.4, -0.2) is 40.2 Å². The quantitative estimate of drug-likeness (QED) is 0.716. The zero-order valence-electron chi connectivity index (χ0n) is 16.8. The van der Waals surface area contributed by atoms with Crippen LogP contribution in [0.5, 0.6) is 5.75 Å². The van der Waals surface area contributed by atoms with Crippen molar-refractivity contribution in [2.24, 2.45) is 10.9 Å². The standard InChI is InChI=1S/C22H26N4O3/c1-14(2)19(27)18-20(28)17(12-15-13-24-21-16(15)8-7-9-23-21)29-22(18)25-26-10-5-3-4-6-11-26/h7-9,12-14,25,28H,3-6,10-11H2,1-2H3. The second-order valence-electron chi connectivity index (χ2n) is 7.78. The van der Waals surface area contributed by atoms with E-state index in [9.17, 15) is 9.90 Å². The number of fused-ring (bicyclic) bond motifs is 1. The fourth-order valence-electron chi connectivity index (χ4n) is 3.64. The van der Waals surface area contributed by atoms with Gasteiger partial charge in [-0.1, -0.05) is 26.7 Å². The van der Waals surface area contributed by atoms with Crippen molar-refractivity contribution in [3.05, 3.63) is 35.2 Å². The topological polar surface area (TPSA) is 91.0 Å². The summed E-state index contributed by atoms with van der Waals surface area (Å²) in [5.74, 6) is 0.614. The van der Waals surface area contributed by atoms with Crippen molar-refractivity contribution in [2.45, 2.75) is 39.5 Å². The number of hydrogen-bond donors (Lipinski definition) is 2. The minimum absolute atomic E-state index is 0.140. The molecule has 2 aromatic heterocycles. The molecule has 2 aliphatic rings. The van der Waals surface area contributed by atoms with Gasteiger partial charge in [0.1, 0.15) is 5.56 Å². The van der Waals surface area contributed by atoms with Crippen LogP contribution in [0.15, 0.2) is 27.7 Å². The minimum atomic E-state index is -0.262. The molecule has 4 rings (SSSR count). The molecule has 2 aliphatic heterocycles. The van der Waals surface area contributed by atoms with Gasteiger partial charge in [0.2, 0.25) is 5.88 Å². The first-order valence-electron chi connectivity index (χ1n) is 10.2. The molecule has 0 radical (unpaired) electrons. The van der Waals surface area contributed by atoms with E-state index in [1.807, 2.05) is 26.0 Å². The van der Waals surface area contributed by atoms with Crippen molar-refractivity contribution in [2.75, 3.05) is 18.5 Å². The second kappa shape index (κ2) is 8.21. The molecule has 4 heterocycles. The van der Waals surface area contributed by atoms with Gasteiger partial charge in [0.25, 0.3) is 0 Å². The van der Waals surface area contributed by atoms with Crippen LogP contribution >= 0.6 is 0 Å². The summed E-state index contributed by atoms with van der Waals surface area (Å²) in [7, 11) is 0. The second-order valence-corrected chi connectivity index (χ2v) is 7.78. The summed E-state index contributed by atoms with van der Waals surface area (Å²) in [6, 6.07) is 3.75. The van der Waals surface area contributed by atoms with Crippen molar-refractivity contribution in [1.29, 1.82) is 0 Å². The lowest BCUT2D eigenvalue weighted by Crippen LogP contribution is -2.31. The van der Waals surface area contributed by atoms with E-state index in [1.165, 1.54) is 12.8 Å². The number of aromatic nitrogens is 1. The number of aliphatic imine (C=N–C) groups is 1. The predicted octanol–water partition coefficient (Wildman–Crippen LogP) is 4.68. The summed E-state index contributed by atoms with van der Waals surface area (Å²) in [4.78, 5) is 21.3. The van der Waals surface area contributed by atoms with Crippen LogP contribution in [0.3, 0.4) is 0 Å². The Morgan fingerprint density at radius 2 is 2.03 bits per heavy atom. The van der Waals surface area contributed by atoms with Crippen molar-refractivity contribution >= 4 is 35.3 Å². The normalized spacial score (nSPS) is 18.2. The van der Waals surface area contributed by atoms with Gasteiger partial charge in [-0.25, -0.2) is 15.0 Å². The highest BCUT2D eigenvalue weighted by Crippen LogP contribution is 2.39. The van der Waals surface area contributed by atoms with E-state index in [2.05, 4.69) is 20.4 Å². The monoisotopic (exact) mass is 394 g/mol. The third-order valence-electron chi connectivity index (χ3n) is 5.26. The summed E-state index contributed by atoms with van der Waals surface area (Å²) >= 11 is 0. The van der Waals surface area contributed by atoms with Crippen molar-refractivity contribution in [3.63, 3.8) is 0 Å². The van der Waals surface area contributed by atoms with Gasteiger partial charge in [-0.2, -0.15) is 0 Å². The number of nitrogens with one attached hydrogen (secondary N) is 1. The first kappa shape index (κ1) is 19.4. The molecule has 0 bridgehead atoms. The molecule has 0 saturated carbocycles. The number of anilines is 1. The van der Waals surface area contributed by atoms with Crippen LogP contribution in [0.2, 0.25) is 0 Å². The number of hydrazine groups is 1. The highest BCUT2D eigenvalue weighted by molar-refractivity contribution is 6.21. The van der Waals surface area contributed by atoms with Crippen LogP contribution in [0.4, 0.5) is 11.7 Å². The van der Waals surface area contributed by atoms with E-state index in [-0.39, 0.29) is 28.8 Å². The van der Waals surface area contributed by atoms with Gasteiger partial charge in [0.05, 0.1) is 0 Å². The summed E-state index contributed by atoms with van der Waals surface area (Å²) in [6.07, 6.45) is 9.65. The summed E-state index contributed by atoms with van der Waals surface area (Å²) < 4.78 is 5.96. The smallest absolute Gasteiger partial charge is 0.222 e. The van der Waals surface area contributed by atoms with Crippen molar-refractivity contribution in [3.8, 4) is 5.75 Å². The number of furan rings is 1. The molecule has 7 nitrogen and oxygen atoms in total. The fraction of sp³-hybridized carbons (Fsp3) is 0.409. The lowest BCUT2D eigenvalue weighted by atomic mass is 10.0. The Hall–Kier alpha value is -2.93. The third-order valence-corrected chi connectivity index (χ3v) is 5.26. The zero-order valence-corrected chi connectivity index (χ0v) is 16.8. The largest absolute Gasteiger partial charge is 0.504 e. The van der Waals surface area contributed by atoms with Gasteiger partial charge >= 0.3 is 0 Å². The average Bonchev–Trinajstić information content (AvgIpc) is 3.12. The molecule has 152 valence electrons. The SMILES string of the molecule is CC(C)C(=O)c1c(NN2CCCCCC2)oc(C=C2C=Nc3ncccc32)c1O. The maximum absolute atomic E-state index is 12.8. The average molecular weight is 394 g/mol. The van der Waals surface area contributed by atoms with Crippen molar-refractivity contribution in [1.82, 2.24) is 9.99 Å². The highest BCUT2D eigenvalue weighted by Gasteiger charge is 2.28. The summed E-state index contributed by atoms with van der Waals surface area (Å²) in [6.45, 7) is 5.38. The molecule has 2 aromatic rings. The number of rotatable bonds is 5. The molecule has 0 unspecified atom stereocenters. The van der Waals surface area contributed by atoms with E-state index < -0.39 is 0 Å². The number of carbonyl (C=O) groups excluding carboxylic acids is 1. The molecule has 0 aliphatic carbocycles. The number of carbonyl (C=O) groups is 1. The Kier molecular flexibility index (Phi) is 5.49. The lowest BCUT2D eigenvalue weighted by molar-refractivity contribution is 0.0937. The number of aromatic hydroxyl groups is 1. The van der Waals surface area contributed by atoms with Crippen LogP contribution < -0.4 is 5.43 Å². The molecular weight excluding hydrogens is 368 g/mol. The van der Waals surface area contributed by atoms with Crippen LogP contribution in [0, 0.1) is 5.92 Å². The Bertz CT molecular complexity index is 966. The number of Topliss-reactive ketones (excluding diaryl/α,β-unsaturated/α-hetero) is 1. The predicted molar refractivity (Wildman–Crippen MR) is 113 cm³/mol.